The van der Waals surface area contributed by atoms with Crippen molar-refractivity contribution in [1.29, 1.82) is 5.41 Å². The van der Waals surface area contributed by atoms with Crippen LogP contribution < -0.4 is 5.73 Å². The molecule has 4 nitrogen and oxygen atoms in total. The molecule has 3 N–H and O–H groups in total. The predicted molar refractivity (Wildman–Crippen MR) is 32.7 cm³/mol. The lowest BCUT2D eigenvalue weighted by Crippen LogP contribution is -2.26. The van der Waals surface area contributed by atoms with Gasteiger partial charge in [-0.15, -0.1) is 0 Å². The lowest BCUT2D eigenvalue weighted by molar-refractivity contribution is 1.07. The zero-order valence-electron chi connectivity index (χ0n) is 4.26. The van der Waals surface area contributed by atoms with E-state index < -0.39 is 0 Å². The van der Waals surface area contributed by atoms with Crippen LogP contribution in [0.25, 0.3) is 0 Å². The molecule has 0 aliphatic carbocycles. The smallest absolute Gasteiger partial charge is 0.147 e. The number of nitrogens with zero attached hydrogens (tertiary/aromatic N) is 2. The minimum absolute atomic E-state index is 0.205. The summed E-state index contributed by atoms with van der Waals surface area (Å²) in [6.07, 6.45) is 1.41. The second kappa shape index (κ2) is 1.73. The summed E-state index contributed by atoms with van der Waals surface area (Å²) in [6, 6.07) is 0. The molecule has 1 aliphatic heterocycles. The normalized spacial score (nSPS) is 18.5. The Morgan fingerprint density at radius 3 is 2.88 bits per heavy atom. The van der Waals surface area contributed by atoms with E-state index in [0.717, 1.165) is 0 Å². The Morgan fingerprint density at radius 2 is 2.50 bits per heavy atom. The van der Waals surface area contributed by atoms with Crippen LogP contribution >= 0.6 is 0 Å². The van der Waals surface area contributed by atoms with Crippen molar-refractivity contribution in [2.75, 3.05) is 6.67 Å². The van der Waals surface area contributed by atoms with Gasteiger partial charge in [0.2, 0.25) is 0 Å². The summed E-state index contributed by atoms with van der Waals surface area (Å²) in [6.45, 7) is 0.369. The molecule has 0 aromatic heterocycles. The molecular formula is C4H6N4. The van der Waals surface area contributed by atoms with Crippen molar-refractivity contribution in [1.82, 2.24) is 0 Å². The van der Waals surface area contributed by atoms with Gasteiger partial charge in [0.1, 0.15) is 18.2 Å². The van der Waals surface area contributed by atoms with Crippen molar-refractivity contribution in [3.05, 3.63) is 0 Å². The van der Waals surface area contributed by atoms with Gasteiger partial charge in [-0.25, -0.2) is 4.99 Å². The number of hydrogen-bond donors (Lipinski definition) is 2. The van der Waals surface area contributed by atoms with Crippen LogP contribution in [-0.2, 0) is 0 Å². The molecular weight excluding hydrogens is 104 g/mol. The highest BCUT2D eigenvalue weighted by Crippen LogP contribution is 1.82. The van der Waals surface area contributed by atoms with Crippen molar-refractivity contribution in [3.63, 3.8) is 0 Å². The second-order valence-electron chi connectivity index (χ2n) is 1.41. The van der Waals surface area contributed by atoms with E-state index in [2.05, 4.69) is 9.98 Å². The van der Waals surface area contributed by atoms with E-state index >= 15 is 0 Å². The molecule has 0 saturated carbocycles. The quantitative estimate of drug-likeness (QED) is 0.429. The second-order valence-corrected chi connectivity index (χ2v) is 1.41. The topological polar surface area (TPSA) is 74.6 Å². The molecule has 0 atom stereocenters. The van der Waals surface area contributed by atoms with Crippen molar-refractivity contribution < 1.29 is 0 Å². The van der Waals surface area contributed by atoms with Crippen molar-refractivity contribution in [2.24, 2.45) is 15.7 Å². The Balaban J connectivity index is 2.78. The van der Waals surface area contributed by atoms with E-state index in [1.807, 2.05) is 0 Å². The Kier molecular flexibility index (Phi) is 1.07. The molecule has 42 valence electrons. The van der Waals surface area contributed by atoms with Crippen LogP contribution in [0.5, 0.6) is 0 Å². The molecule has 4 heteroatoms. The minimum atomic E-state index is 0.205. The Morgan fingerprint density at radius 1 is 1.75 bits per heavy atom. The number of aliphatic imine (C=N–C) groups is 2. The molecule has 0 aromatic carbocycles. The summed E-state index contributed by atoms with van der Waals surface area (Å²) in [5, 5.41) is 6.99. The van der Waals surface area contributed by atoms with E-state index in [-0.39, 0.29) is 11.5 Å². The molecule has 0 spiro atoms. The summed E-state index contributed by atoms with van der Waals surface area (Å²) in [7, 11) is 0. The van der Waals surface area contributed by atoms with Gasteiger partial charge in [0, 0.05) is 0 Å². The van der Waals surface area contributed by atoms with Gasteiger partial charge in [-0.1, -0.05) is 0 Å². The zero-order chi connectivity index (χ0) is 5.98. The standard InChI is InChI=1S/C4H6N4/c5-3-1-7-2-8-4(3)6/h1,5H,2H2,(H2,6,8). The molecule has 8 heavy (non-hydrogen) atoms. The van der Waals surface area contributed by atoms with Crippen LogP contribution in [0.1, 0.15) is 0 Å². The van der Waals surface area contributed by atoms with Crippen LogP contribution in [0, 0.1) is 5.41 Å². The van der Waals surface area contributed by atoms with E-state index in [1.165, 1.54) is 6.21 Å². The van der Waals surface area contributed by atoms with Crippen molar-refractivity contribution in [3.8, 4) is 0 Å². The van der Waals surface area contributed by atoms with Crippen LogP contribution in [0.2, 0.25) is 0 Å². The van der Waals surface area contributed by atoms with Gasteiger partial charge < -0.3 is 5.73 Å². The average Bonchev–Trinajstić information content (AvgIpc) is 1.77. The maximum Gasteiger partial charge on any atom is 0.147 e. The predicted octanol–water partition coefficient (Wildman–Crippen LogP) is -0.595. The molecule has 0 unspecified atom stereocenters. The highest BCUT2D eigenvalue weighted by molar-refractivity contribution is 6.61. The zero-order valence-corrected chi connectivity index (χ0v) is 4.26. The van der Waals surface area contributed by atoms with Gasteiger partial charge in [-0.05, 0) is 0 Å². The van der Waals surface area contributed by atoms with Crippen molar-refractivity contribution in [2.45, 2.75) is 0 Å². The molecule has 0 radical (unpaired) electrons. The summed E-state index contributed by atoms with van der Waals surface area (Å²) < 4.78 is 0. The minimum Gasteiger partial charge on any atom is -0.382 e. The highest BCUT2D eigenvalue weighted by Gasteiger charge is 1.99. The first kappa shape index (κ1) is 4.96. The molecule has 0 amide bonds. The first-order valence-corrected chi connectivity index (χ1v) is 2.19. The average molecular weight is 110 g/mol. The summed E-state index contributed by atoms with van der Waals surface area (Å²) in [5.41, 5.74) is 5.42. The van der Waals surface area contributed by atoms with Crippen LogP contribution in [0.3, 0.4) is 0 Å². The molecule has 1 rings (SSSR count). The van der Waals surface area contributed by atoms with Crippen LogP contribution in [0.15, 0.2) is 9.98 Å². The molecule has 0 bridgehead atoms. The van der Waals surface area contributed by atoms with Gasteiger partial charge in [0.25, 0.3) is 0 Å². The van der Waals surface area contributed by atoms with E-state index in [4.69, 9.17) is 11.1 Å². The third-order valence-electron chi connectivity index (χ3n) is 0.819. The fourth-order valence-electron chi connectivity index (χ4n) is 0.400. The number of nitrogens with one attached hydrogen (secondary N) is 1. The third-order valence-corrected chi connectivity index (χ3v) is 0.819. The van der Waals surface area contributed by atoms with Gasteiger partial charge in [-0.2, -0.15) is 0 Å². The van der Waals surface area contributed by atoms with Crippen molar-refractivity contribution >= 4 is 17.8 Å². The lowest BCUT2D eigenvalue weighted by Gasteiger charge is -1.99. The molecule has 0 saturated heterocycles. The van der Waals surface area contributed by atoms with Gasteiger partial charge >= 0.3 is 0 Å². The number of rotatable bonds is 0. The SMILES string of the molecule is N=C1C=NCN=C1N. The Bertz CT molecular complexity index is 167. The van der Waals surface area contributed by atoms with E-state index in [9.17, 15) is 0 Å². The fraction of sp³-hybridized carbons (Fsp3) is 0.250. The molecule has 1 heterocycles. The first-order valence-electron chi connectivity index (χ1n) is 2.19. The van der Waals surface area contributed by atoms with Gasteiger partial charge in [0.15, 0.2) is 0 Å². The van der Waals surface area contributed by atoms with Gasteiger partial charge in [0.05, 0.1) is 6.21 Å². The number of hydrogen-bond acceptors (Lipinski definition) is 4. The monoisotopic (exact) mass is 110 g/mol. The summed E-state index contributed by atoms with van der Waals surface area (Å²) in [5.74, 6) is 0.278. The van der Waals surface area contributed by atoms with Gasteiger partial charge in [-0.3, -0.25) is 10.4 Å². The van der Waals surface area contributed by atoms with Crippen LogP contribution in [0.4, 0.5) is 0 Å². The van der Waals surface area contributed by atoms with Crippen LogP contribution in [-0.4, -0.2) is 24.4 Å². The lowest BCUT2D eigenvalue weighted by atomic mass is 10.3. The first-order chi connectivity index (χ1) is 3.80. The molecule has 1 aliphatic rings. The van der Waals surface area contributed by atoms with E-state index in [0.29, 0.717) is 6.67 Å². The maximum absolute atomic E-state index is 6.99. The number of nitrogens with two attached hydrogens (primary N) is 1. The summed E-state index contributed by atoms with van der Waals surface area (Å²) in [4.78, 5) is 7.37. The maximum atomic E-state index is 6.99. The fourth-order valence-corrected chi connectivity index (χ4v) is 0.400. The largest absolute Gasteiger partial charge is 0.382 e. The summed E-state index contributed by atoms with van der Waals surface area (Å²) >= 11 is 0. The Hall–Kier alpha value is -1.19. The molecule has 0 aromatic rings. The number of amidine groups is 1. The molecule has 0 fully saturated rings. The highest BCUT2D eigenvalue weighted by atomic mass is 15.0. The Labute approximate surface area is 46.6 Å². The van der Waals surface area contributed by atoms with E-state index in [1.54, 1.807) is 0 Å². The third kappa shape index (κ3) is 0.726.